The number of nitrogens with one attached hydrogen (secondary N) is 1. The van der Waals surface area contributed by atoms with Gasteiger partial charge < -0.3 is 16.3 Å². The maximum Gasteiger partial charge on any atom is 0.238 e. The fourth-order valence-corrected chi connectivity index (χ4v) is 2.19. The second-order valence-electron chi connectivity index (χ2n) is 4.93. The van der Waals surface area contributed by atoms with Crippen molar-refractivity contribution in [3.05, 3.63) is 29.8 Å². The van der Waals surface area contributed by atoms with E-state index in [1.165, 1.54) is 0 Å². The predicted octanol–water partition coefficient (Wildman–Crippen LogP) is 2.10. The van der Waals surface area contributed by atoms with Gasteiger partial charge in [-0.15, -0.1) is 0 Å². The van der Waals surface area contributed by atoms with E-state index in [4.69, 9.17) is 10.9 Å². The first kappa shape index (κ1) is 13.4. The summed E-state index contributed by atoms with van der Waals surface area (Å²) in [7, 11) is 0. The van der Waals surface area contributed by atoms with E-state index in [2.05, 4.69) is 17.4 Å². The molecule has 102 valence electrons. The maximum atomic E-state index is 12.3. The number of benzene rings is 1. The summed E-state index contributed by atoms with van der Waals surface area (Å²) in [5.74, 6) is -0.190. The molecule has 19 heavy (non-hydrogen) atoms. The van der Waals surface area contributed by atoms with Gasteiger partial charge in [0, 0.05) is 5.69 Å². The number of oxime groups is 1. The van der Waals surface area contributed by atoms with Crippen LogP contribution in [0.2, 0.25) is 0 Å². The van der Waals surface area contributed by atoms with E-state index in [9.17, 15) is 4.79 Å². The van der Waals surface area contributed by atoms with Crippen LogP contribution in [-0.4, -0.2) is 17.0 Å². The van der Waals surface area contributed by atoms with Crippen molar-refractivity contribution in [1.82, 2.24) is 0 Å². The molecule has 1 saturated carbocycles. The molecular weight excluding hydrogens is 242 g/mol. The Hall–Kier alpha value is -2.04. The van der Waals surface area contributed by atoms with Crippen molar-refractivity contribution in [1.29, 1.82) is 0 Å². The molecule has 1 aromatic carbocycles. The van der Waals surface area contributed by atoms with E-state index < -0.39 is 5.41 Å². The van der Waals surface area contributed by atoms with Crippen molar-refractivity contribution in [3.63, 3.8) is 0 Å². The van der Waals surface area contributed by atoms with Gasteiger partial charge in [0.05, 0.1) is 0 Å². The number of rotatable bonds is 5. The quantitative estimate of drug-likeness (QED) is 0.328. The summed E-state index contributed by atoms with van der Waals surface area (Å²) in [5, 5.41) is 14.6. The normalized spacial score (nSPS) is 17.0. The van der Waals surface area contributed by atoms with Crippen LogP contribution in [0, 0.1) is 5.41 Å². The van der Waals surface area contributed by atoms with Crippen LogP contribution in [0.15, 0.2) is 29.4 Å². The molecule has 5 heteroatoms. The third-order valence-electron chi connectivity index (χ3n) is 3.57. The molecule has 1 aromatic rings. The Labute approximate surface area is 112 Å². The minimum atomic E-state index is -0.811. The van der Waals surface area contributed by atoms with Gasteiger partial charge in [0.25, 0.3) is 0 Å². The number of hydrogen-bond acceptors (Lipinski definition) is 3. The van der Waals surface area contributed by atoms with E-state index in [1.54, 1.807) is 0 Å². The molecule has 0 atom stereocenters. The second kappa shape index (κ2) is 5.30. The number of amidine groups is 1. The zero-order valence-corrected chi connectivity index (χ0v) is 11.0. The number of anilines is 1. The Morgan fingerprint density at radius 3 is 2.74 bits per heavy atom. The third kappa shape index (κ3) is 2.54. The van der Waals surface area contributed by atoms with Crippen LogP contribution < -0.4 is 11.1 Å². The molecule has 0 heterocycles. The van der Waals surface area contributed by atoms with Crippen LogP contribution in [0.5, 0.6) is 0 Å². The second-order valence-corrected chi connectivity index (χ2v) is 4.93. The summed E-state index contributed by atoms with van der Waals surface area (Å²) in [4.78, 5) is 12.3. The first-order valence-corrected chi connectivity index (χ1v) is 6.51. The molecule has 4 N–H and O–H groups in total. The fraction of sp³-hybridized carbons (Fsp3) is 0.429. The van der Waals surface area contributed by atoms with Crippen molar-refractivity contribution in [3.8, 4) is 0 Å². The van der Waals surface area contributed by atoms with Crippen LogP contribution in [0.4, 0.5) is 5.69 Å². The number of amides is 1. The number of carbonyl (C=O) groups is 1. The Bertz CT molecular complexity index is 507. The molecule has 0 saturated heterocycles. The zero-order valence-electron chi connectivity index (χ0n) is 11.0. The molecule has 0 aliphatic heterocycles. The van der Waals surface area contributed by atoms with Crippen LogP contribution >= 0.6 is 0 Å². The number of carbonyl (C=O) groups excluding carboxylic acids is 1. The van der Waals surface area contributed by atoms with Crippen molar-refractivity contribution in [2.24, 2.45) is 16.3 Å². The molecule has 0 spiro atoms. The van der Waals surface area contributed by atoms with Crippen LogP contribution in [0.3, 0.4) is 0 Å². The molecule has 1 fully saturated rings. The molecule has 2 rings (SSSR count). The van der Waals surface area contributed by atoms with E-state index in [0.29, 0.717) is 12.8 Å². The topological polar surface area (TPSA) is 87.7 Å². The highest BCUT2D eigenvalue weighted by atomic mass is 16.4. The largest absolute Gasteiger partial charge is 0.409 e. The summed E-state index contributed by atoms with van der Waals surface area (Å²) in [5.41, 5.74) is 6.71. The van der Waals surface area contributed by atoms with Gasteiger partial charge in [-0.2, -0.15) is 0 Å². The minimum Gasteiger partial charge on any atom is -0.409 e. The van der Waals surface area contributed by atoms with Crippen molar-refractivity contribution < 1.29 is 10.0 Å². The predicted molar refractivity (Wildman–Crippen MR) is 74.1 cm³/mol. The lowest BCUT2D eigenvalue weighted by Crippen LogP contribution is -2.36. The smallest absolute Gasteiger partial charge is 0.238 e. The number of para-hydroxylation sites is 1. The van der Waals surface area contributed by atoms with Gasteiger partial charge in [0.1, 0.15) is 5.41 Å². The summed E-state index contributed by atoms with van der Waals surface area (Å²) < 4.78 is 0. The standard InChI is InChI=1S/C14H19N3O2/c1-2-5-10-6-3-4-7-11(10)16-13(18)14(8-9-14)12(15)17-19/h3-4,6-7,19H,2,5,8-9H2,1H3,(H2,15,17)(H,16,18). The van der Waals surface area contributed by atoms with Gasteiger partial charge in [-0.1, -0.05) is 36.7 Å². The van der Waals surface area contributed by atoms with E-state index in [1.807, 2.05) is 24.3 Å². The summed E-state index contributed by atoms with van der Waals surface area (Å²) >= 11 is 0. The highest BCUT2D eigenvalue weighted by molar-refractivity contribution is 6.14. The molecule has 0 bridgehead atoms. The summed E-state index contributed by atoms with van der Waals surface area (Å²) in [6.45, 7) is 2.09. The number of nitrogens with two attached hydrogens (primary N) is 1. The number of nitrogens with zero attached hydrogens (tertiary/aromatic N) is 1. The molecule has 0 radical (unpaired) electrons. The van der Waals surface area contributed by atoms with E-state index in [-0.39, 0.29) is 11.7 Å². The summed E-state index contributed by atoms with van der Waals surface area (Å²) in [6, 6.07) is 7.72. The number of aryl methyl sites for hydroxylation is 1. The van der Waals surface area contributed by atoms with Gasteiger partial charge >= 0.3 is 0 Å². The minimum absolute atomic E-state index is 0.00188. The highest BCUT2D eigenvalue weighted by Crippen LogP contribution is 2.46. The molecule has 0 aromatic heterocycles. The average molecular weight is 261 g/mol. The van der Waals surface area contributed by atoms with Crippen molar-refractivity contribution in [2.75, 3.05) is 5.32 Å². The lowest BCUT2D eigenvalue weighted by molar-refractivity contribution is -0.119. The SMILES string of the molecule is CCCc1ccccc1NC(=O)C1(/C(N)=N/O)CC1. The van der Waals surface area contributed by atoms with Crippen LogP contribution in [0.25, 0.3) is 0 Å². The van der Waals surface area contributed by atoms with Gasteiger partial charge in [0.15, 0.2) is 5.84 Å². The monoisotopic (exact) mass is 261 g/mol. The Morgan fingerprint density at radius 1 is 1.47 bits per heavy atom. The fourth-order valence-electron chi connectivity index (χ4n) is 2.19. The Balaban J connectivity index is 2.16. The molecule has 0 unspecified atom stereocenters. The van der Waals surface area contributed by atoms with Crippen molar-refractivity contribution in [2.45, 2.75) is 32.6 Å². The van der Waals surface area contributed by atoms with E-state index in [0.717, 1.165) is 24.1 Å². The third-order valence-corrected chi connectivity index (χ3v) is 3.57. The van der Waals surface area contributed by atoms with Gasteiger partial charge in [-0.3, -0.25) is 4.79 Å². The molecule has 5 nitrogen and oxygen atoms in total. The van der Waals surface area contributed by atoms with E-state index >= 15 is 0 Å². The lowest BCUT2D eigenvalue weighted by atomic mass is 10.0. The Kier molecular flexibility index (Phi) is 3.74. The van der Waals surface area contributed by atoms with Gasteiger partial charge in [0.2, 0.25) is 5.91 Å². The molecule has 1 aliphatic rings. The molecule has 1 amide bonds. The van der Waals surface area contributed by atoms with Crippen LogP contribution in [0.1, 0.15) is 31.7 Å². The van der Waals surface area contributed by atoms with Gasteiger partial charge in [-0.05, 0) is 30.9 Å². The van der Waals surface area contributed by atoms with Crippen molar-refractivity contribution >= 4 is 17.4 Å². The number of hydrogen-bond donors (Lipinski definition) is 3. The van der Waals surface area contributed by atoms with Gasteiger partial charge in [-0.25, -0.2) is 0 Å². The first-order valence-electron chi connectivity index (χ1n) is 6.51. The average Bonchev–Trinajstić information content (AvgIpc) is 3.22. The molecule has 1 aliphatic carbocycles. The Morgan fingerprint density at radius 2 is 2.16 bits per heavy atom. The highest BCUT2D eigenvalue weighted by Gasteiger charge is 2.54. The maximum absolute atomic E-state index is 12.3. The first-order chi connectivity index (χ1) is 9.14. The zero-order chi connectivity index (χ0) is 13.9. The lowest BCUT2D eigenvalue weighted by Gasteiger charge is -2.15. The summed E-state index contributed by atoms with van der Waals surface area (Å²) in [6.07, 6.45) is 3.18. The molecular formula is C14H19N3O2. The van der Waals surface area contributed by atoms with Crippen LogP contribution in [-0.2, 0) is 11.2 Å².